The lowest BCUT2D eigenvalue weighted by Gasteiger charge is -2.10. The van der Waals surface area contributed by atoms with E-state index in [9.17, 15) is 4.39 Å². The molecule has 0 amide bonds. The van der Waals surface area contributed by atoms with Crippen LogP contribution in [0.2, 0.25) is 5.02 Å². The van der Waals surface area contributed by atoms with Crippen LogP contribution >= 0.6 is 27.5 Å². The number of hydrogen-bond acceptors (Lipinski definition) is 4. The summed E-state index contributed by atoms with van der Waals surface area (Å²) in [5, 5.41) is 6.33. The summed E-state index contributed by atoms with van der Waals surface area (Å²) in [6, 6.07) is 4.42. The molecule has 0 saturated carbocycles. The van der Waals surface area contributed by atoms with Crippen LogP contribution in [0.1, 0.15) is 13.3 Å². The minimum atomic E-state index is -0.439. The summed E-state index contributed by atoms with van der Waals surface area (Å²) >= 11 is 9.05. The molecule has 0 aliphatic heterocycles. The van der Waals surface area contributed by atoms with Crippen molar-refractivity contribution < 1.29 is 4.39 Å². The minimum absolute atomic E-state index is 0.301. The predicted molar refractivity (Wildman–Crippen MR) is 83.2 cm³/mol. The Morgan fingerprint density at radius 2 is 2.20 bits per heavy atom. The van der Waals surface area contributed by atoms with Crippen LogP contribution in [-0.4, -0.2) is 16.5 Å². The van der Waals surface area contributed by atoms with Gasteiger partial charge in [-0.05, 0) is 40.5 Å². The molecular weight excluding hydrogens is 347 g/mol. The Morgan fingerprint density at radius 3 is 2.90 bits per heavy atom. The molecule has 0 spiro atoms. The molecule has 2 N–H and O–H groups in total. The van der Waals surface area contributed by atoms with Gasteiger partial charge < -0.3 is 10.6 Å². The lowest BCUT2D eigenvalue weighted by Crippen LogP contribution is -2.06. The third kappa shape index (κ3) is 3.80. The third-order valence-electron chi connectivity index (χ3n) is 2.46. The summed E-state index contributed by atoms with van der Waals surface area (Å²) in [5.41, 5.74) is 0.301. The van der Waals surface area contributed by atoms with Crippen LogP contribution in [0.15, 0.2) is 28.9 Å². The molecular formula is C13H13BrClFN4. The maximum atomic E-state index is 13.7. The fraction of sp³-hybridized carbons (Fsp3) is 0.231. The van der Waals surface area contributed by atoms with Gasteiger partial charge in [-0.15, -0.1) is 0 Å². The third-order valence-corrected chi connectivity index (χ3v) is 3.28. The van der Waals surface area contributed by atoms with E-state index in [1.165, 1.54) is 6.07 Å². The van der Waals surface area contributed by atoms with Crippen molar-refractivity contribution in [1.29, 1.82) is 0 Å². The lowest BCUT2D eigenvalue weighted by atomic mass is 10.3. The molecule has 0 atom stereocenters. The molecule has 1 heterocycles. The molecule has 1 aromatic carbocycles. The van der Waals surface area contributed by atoms with Crippen molar-refractivity contribution in [3.05, 3.63) is 39.7 Å². The summed E-state index contributed by atoms with van der Waals surface area (Å²) < 4.78 is 14.4. The first-order chi connectivity index (χ1) is 9.60. The first kappa shape index (κ1) is 15.0. The van der Waals surface area contributed by atoms with Gasteiger partial charge in [-0.1, -0.05) is 18.5 Å². The first-order valence-corrected chi connectivity index (χ1v) is 7.25. The molecule has 0 unspecified atom stereocenters. The van der Waals surface area contributed by atoms with Gasteiger partial charge in [0.25, 0.3) is 0 Å². The number of benzene rings is 1. The Morgan fingerprint density at radius 1 is 1.40 bits per heavy atom. The summed E-state index contributed by atoms with van der Waals surface area (Å²) in [6.07, 6.45) is 2.58. The van der Waals surface area contributed by atoms with Gasteiger partial charge in [0.2, 0.25) is 5.95 Å². The average Bonchev–Trinajstić information content (AvgIpc) is 2.42. The second-order valence-corrected chi connectivity index (χ2v) is 5.36. The Bertz CT molecular complexity index is 609. The van der Waals surface area contributed by atoms with Gasteiger partial charge in [0.15, 0.2) is 0 Å². The van der Waals surface area contributed by atoms with Crippen LogP contribution in [-0.2, 0) is 0 Å². The zero-order valence-corrected chi connectivity index (χ0v) is 13.1. The number of aromatic nitrogens is 2. The summed E-state index contributed by atoms with van der Waals surface area (Å²) in [5.74, 6) is 0.540. The highest BCUT2D eigenvalue weighted by atomic mass is 79.9. The molecule has 1 aromatic heterocycles. The van der Waals surface area contributed by atoms with Crippen molar-refractivity contribution >= 4 is 45.0 Å². The van der Waals surface area contributed by atoms with E-state index in [2.05, 4.69) is 36.5 Å². The van der Waals surface area contributed by atoms with E-state index in [4.69, 9.17) is 11.6 Å². The molecule has 2 rings (SSSR count). The molecule has 0 aliphatic rings. The lowest BCUT2D eigenvalue weighted by molar-refractivity contribution is 0.632. The highest BCUT2D eigenvalue weighted by molar-refractivity contribution is 9.10. The maximum absolute atomic E-state index is 13.7. The van der Waals surface area contributed by atoms with Crippen LogP contribution in [0.25, 0.3) is 0 Å². The van der Waals surface area contributed by atoms with Gasteiger partial charge >= 0.3 is 0 Å². The minimum Gasteiger partial charge on any atom is -0.354 e. The normalized spacial score (nSPS) is 10.4. The molecule has 2 aromatic rings. The van der Waals surface area contributed by atoms with Crippen molar-refractivity contribution in [2.45, 2.75) is 13.3 Å². The topological polar surface area (TPSA) is 49.8 Å². The standard InChI is InChI=1S/C13H13BrClFN4/c1-2-5-17-13-18-7-9(14)12(20-13)19-11-4-3-8(15)6-10(11)16/h3-4,6-7H,2,5H2,1H3,(H2,17,18,19,20). The number of nitrogens with one attached hydrogen (secondary N) is 2. The Labute approximate surface area is 129 Å². The monoisotopic (exact) mass is 358 g/mol. The second kappa shape index (κ2) is 6.85. The highest BCUT2D eigenvalue weighted by Gasteiger charge is 2.08. The van der Waals surface area contributed by atoms with E-state index < -0.39 is 5.82 Å². The highest BCUT2D eigenvalue weighted by Crippen LogP contribution is 2.27. The van der Waals surface area contributed by atoms with E-state index in [0.717, 1.165) is 13.0 Å². The van der Waals surface area contributed by atoms with Crippen molar-refractivity contribution in [3.63, 3.8) is 0 Å². The van der Waals surface area contributed by atoms with Gasteiger partial charge in [-0.3, -0.25) is 0 Å². The fourth-order valence-electron chi connectivity index (χ4n) is 1.50. The van der Waals surface area contributed by atoms with Crippen molar-refractivity contribution in [2.24, 2.45) is 0 Å². The second-order valence-electron chi connectivity index (χ2n) is 4.07. The predicted octanol–water partition coefficient (Wildman–Crippen LogP) is 4.60. The molecule has 0 aliphatic carbocycles. The van der Waals surface area contributed by atoms with Gasteiger partial charge in [0.05, 0.1) is 10.2 Å². The van der Waals surface area contributed by atoms with E-state index in [0.29, 0.717) is 26.9 Å². The van der Waals surface area contributed by atoms with Crippen molar-refractivity contribution in [3.8, 4) is 0 Å². The molecule has 7 heteroatoms. The van der Waals surface area contributed by atoms with Gasteiger partial charge in [0.1, 0.15) is 11.6 Å². The van der Waals surface area contributed by atoms with E-state index in [1.807, 2.05) is 6.92 Å². The molecule has 106 valence electrons. The fourth-order valence-corrected chi connectivity index (χ4v) is 1.94. The van der Waals surface area contributed by atoms with E-state index >= 15 is 0 Å². The summed E-state index contributed by atoms with van der Waals surface area (Å²) in [6.45, 7) is 2.82. The Balaban J connectivity index is 2.23. The molecule has 20 heavy (non-hydrogen) atoms. The van der Waals surface area contributed by atoms with Crippen LogP contribution in [0.3, 0.4) is 0 Å². The van der Waals surface area contributed by atoms with Crippen LogP contribution in [0.4, 0.5) is 21.8 Å². The number of hydrogen-bond donors (Lipinski definition) is 2. The molecule has 0 saturated heterocycles. The number of rotatable bonds is 5. The first-order valence-electron chi connectivity index (χ1n) is 6.08. The largest absolute Gasteiger partial charge is 0.354 e. The summed E-state index contributed by atoms with van der Waals surface area (Å²) in [7, 11) is 0. The molecule has 0 bridgehead atoms. The smallest absolute Gasteiger partial charge is 0.224 e. The summed E-state index contributed by atoms with van der Waals surface area (Å²) in [4.78, 5) is 8.42. The zero-order chi connectivity index (χ0) is 14.5. The van der Waals surface area contributed by atoms with Crippen LogP contribution < -0.4 is 10.6 Å². The van der Waals surface area contributed by atoms with Crippen LogP contribution in [0, 0.1) is 5.82 Å². The quantitative estimate of drug-likeness (QED) is 0.819. The van der Waals surface area contributed by atoms with E-state index in [1.54, 1.807) is 18.3 Å². The van der Waals surface area contributed by atoms with Crippen molar-refractivity contribution in [1.82, 2.24) is 9.97 Å². The van der Waals surface area contributed by atoms with Gasteiger partial charge in [0, 0.05) is 17.8 Å². The SMILES string of the molecule is CCCNc1ncc(Br)c(Nc2ccc(Cl)cc2F)n1. The maximum Gasteiger partial charge on any atom is 0.224 e. The van der Waals surface area contributed by atoms with E-state index in [-0.39, 0.29) is 0 Å². The Kier molecular flexibility index (Phi) is 5.14. The van der Waals surface area contributed by atoms with Gasteiger partial charge in [-0.2, -0.15) is 4.98 Å². The number of halogens is 3. The number of anilines is 3. The Hall–Kier alpha value is -1.40. The van der Waals surface area contributed by atoms with Gasteiger partial charge in [-0.25, -0.2) is 9.37 Å². The van der Waals surface area contributed by atoms with Crippen LogP contribution in [0.5, 0.6) is 0 Å². The number of nitrogens with zero attached hydrogens (tertiary/aromatic N) is 2. The average molecular weight is 360 g/mol. The zero-order valence-electron chi connectivity index (χ0n) is 10.8. The molecule has 0 fully saturated rings. The molecule has 4 nitrogen and oxygen atoms in total. The molecule has 0 radical (unpaired) electrons. The van der Waals surface area contributed by atoms with Crippen molar-refractivity contribution in [2.75, 3.05) is 17.2 Å².